The second kappa shape index (κ2) is 13.6. The highest BCUT2D eigenvalue weighted by atomic mass is 16.6. The van der Waals surface area contributed by atoms with Gasteiger partial charge in [0.1, 0.15) is 0 Å². The van der Waals surface area contributed by atoms with E-state index in [-0.39, 0.29) is 0 Å². The monoisotopic (exact) mass is 829 g/mol. The van der Waals surface area contributed by atoms with Crippen LogP contribution in [0.2, 0.25) is 0 Å². The predicted octanol–water partition coefficient (Wildman–Crippen LogP) is 15.8. The largest absolute Gasteiger partial charge is 0.449 e. The van der Waals surface area contributed by atoms with Crippen LogP contribution in [0.25, 0.3) is 33.4 Å². The van der Waals surface area contributed by atoms with Crippen LogP contribution in [0.15, 0.2) is 237 Å². The molecule has 0 saturated carbocycles. The summed E-state index contributed by atoms with van der Waals surface area (Å²) in [6.45, 7) is 0. The Morgan fingerprint density at radius 3 is 1.35 bits per heavy atom. The topological polar surface area (TPSA) is 21.7 Å². The van der Waals surface area contributed by atoms with Crippen molar-refractivity contribution in [1.82, 2.24) is 0 Å². The third-order valence-electron chi connectivity index (χ3n) is 14.4. The molecule has 3 heteroatoms. The normalized spacial score (nSPS) is 14.3. The molecule has 0 radical (unpaired) electrons. The van der Waals surface area contributed by atoms with Crippen LogP contribution in [0.1, 0.15) is 44.5 Å². The number of rotatable bonds is 5. The standard InChI is InChI=1S/C62H39NO2/c1-4-18-40(19-5-1)61(41-20-6-2-7-21-41)50-28-14-10-26-47(50)48-34-32-43(38-55(48)61)63(42-22-8-3-9-23-42)44-33-36-56-58(39-44)65-60-57(64-56)37-35-54-59(60)49-27-13-17-31-53(49)62(54)51-29-15-11-24-45(51)46-25-12-16-30-52(46)62/h1-39H. The third kappa shape index (κ3) is 4.79. The zero-order valence-corrected chi connectivity index (χ0v) is 35.3. The van der Waals surface area contributed by atoms with Crippen molar-refractivity contribution in [2.24, 2.45) is 0 Å². The van der Waals surface area contributed by atoms with Crippen LogP contribution in [0.4, 0.5) is 17.1 Å². The van der Waals surface area contributed by atoms with Crippen molar-refractivity contribution in [3.05, 3.63) is 281 Å². The van der Waals surface area contributed by atoms with Gasteiger partial charge in [0.25, 0.3) is 0 Å². The minimum Gasteiger partial charge on any atom is -0.449 e. The molecule has 3 aliphatic carbocycles. The van der Waals surface area contributed by atoms with Gasteiger partial charge in [-0.1, -0.05) is 188 Å². The zero-order valence-electron chi connectivity index (χ0n) is 35.3. The summed E-state index contributed by atoms with van der Waals surface area (Å²) < 4.78 is 14.1. The molecule has 65 heavy (non-hydrogen) atoms. The van der Waals surface area contributed by atoms with Gasteiger partial charge in [0.05, 0.1) is 16.5 Å². The molecule has 0 saturated heterocycles. The summed E-state index contributed by atoms with van der Waals surface area (Å²) in [5.74, 6) is 2.82. The van der Waals surface area contributed by atoms with Gasteiger partial charge in [0.2, 0.25) is 0 Å². The quantitative estimate of drug-likeness (QED) is 0.172. The maximum absolute atomic E-state index is 7.23. The van der Waals surface area contributed by atoms with Gasteiger partial charge in [-0.15, -0.1) is 0 Å². The summed E-state index contributed by atoms with van der Waals surface area (Å²) in [6.07, 6.45) is 0. The lowest BCUT2D eigenvalue weighted by Gasteiger charge is -2.35. The van der Waals surface area contributed by atoms with Crippen LogP contribution in [-0.4, -0.2) is 0 Å². The molecule has 3 nitrogen and oxygen atoms in total. The van der Waals surface area contributed by atoms with E-state index in [1.54, 1.807) is 0 Å². The SMILES string of the molecule is c1ccc(N(c2ccc3c(c2)Oc2c(ccc4c2-c2ccccc2C42c4ccccc4-c4ccccc42)O3)c2ccc3c(c2)C(c2ccccc2)(c2ccccc2)c2ccccc2-3)cc1. The fourth-order valence-corrected chi connectivity index (χ4v) is 11.9. The first-order chi connectivity index (χ1) is 32.2. The Kier molecular flexibility index (Phi) is 7.53. The van der Waals surface area contributed by atoms with Gasteiger partial charge in [-0.3, -0.25) is 0 Å². The number of benzene rings is 10. The summed E-state index contributed by atoms with van der Waals surface area (Å²) in [6, 6.07) is 85.9. The second-order valence-electron chi connectivity index (χ2n) is 17.5. The number of fused-ring (bicyclic) bond motifs is 16. The van der Waals surface area contributed by atoms with Gasteiger partial charge in [-0.25, -0.2) is 0 Å². The first-order valence-corrected chi connectivity index (χ1v) is 22.4. The van der Waals surface area contributed by atoms with Gasteiger partial charge in [0, 0.05) is 23.0 Å². The van der Waals surface area contributed by atoms with Crippen LogP contribution in [-0.2, 0) is 10.8 Å². The lowest BCUT2D eigenvalue weighted by atomic mass is 9.67. The van der Waals surface area contributed by atoms with Gasteiger partial charge in [-0.2, -0.15) is 0 Å². The number of hydrogen-bond acceptors (Lipinski definition) is 3. The Morgan fingerprint density at radius 1 is 0.277 bits per heavy atom. The molecule has 0 unspecified atom stereocenters. The molecule has 1 heterocycles. The molecule has 10 aromatic carbocycles. The molecular formula is C62H39NO2. The molecule has 0 N–H and O–H groups in total. The van der Waals surface area contributed by atoms with E-state index in [1.165, 1.54) is 72.3 Å². The minimum absolute atomic E-state index is 0.480. The Bertz CT molecular complexity index is 3470. The summed E-state index contributed by atoms with van der Waals surface area (Å²) in [4.78, 5) is 2.34. The van der Waals surface area contributed by atoms with Crippen molar-refractivity contribution < 1.29 is 9.47 Å². The Hall–Kier alpha value is -8.40. The van der Waals surface area contributed by atoms with Crippen molar-refractivity contribution in [2.45, 2.75) is 10.8 Å². The van der Waals surface area contributed by atoms with Crippen LogP contribution in [0.5, 0.6) is 23.0 Å². The molecule has 0 aromatic heterocycles. The van der Waals surface area contributed by atoms with Crippen molar-refractivity contribution in [3.8, 4) is 56.4 Å². The molecule has 304 valence electrons. The van der Waals surface area contributed by atoms with E-state index in [0.29, 0.717) is 17.2 Å². The third-order valence-corrected chi connectivity index (χ3v) is 14.4. The number of nitrogens with zero attached hydrogens (tertiary/aromatic N) is 1. The first-order valence-electron chi connectivity index (χ1n) is 22.4. The van der Waals surface area contributed by atoms with Gasteiger partial charge in [-0.05, 0) is 115 Å². The number of hydrogen-bond donors (Lipinski definition) is 0. The summed E-state index contributed by atoms with van der Waals surface area (Å²) in [5, 5.41) is 0. The maximum Gasteiger partial charge on any atom is 0.178 e. The average molecular weight is 830 g/mol. The highest BCUT2D eigenvalue weighted by Gasteiger charge is 2.53. The fourth-order valence-electron chi connectivity index (χ4n) is 11.9. The minimum atomic E-state index is -0.530. The molecule has 0 bridgehead atoms. The number of ether oxygens (including phenoxy) is 2. The molecule has 0 atom stereocenters. The molecule has 1 aliphatic heterocycles. The highest BCUT2D eigenvalue weighted by molar-refractivity contribution is 5.98. The second-order valence-corrected chi connectivity index (χ2v) is 17.5. The van der Waals surface area contributed by atoms with E-state index in [4.69, 9.17) is 9.47 Å². The highest BCUT2D eigenvalue weighted by Crippen LogP contribution is 2.66. The summed E-state index contributed by atoms with van der Waals surface area (Å²) >= 11 is 0. The molecule has 0 amide bonds. The lowest BCUT2D eigenvalue weighted by molar-refractivity contribution is 0.360. The van der Waals surface area contributed by atoms with Gasteiger partial charge in [0.15, 0.2) is 23.0 Å². The Morgan fingerprint density at radius 2 is 0.738 bits per heavy atom. The summed E-state index contributed by atoms with van der Waals surface area (Å²) in [5.41, 5.74) is 19.4. The van der Waals surface area contributed by atoms with Crippen LogP contribution < -0.4 is 14.4 Å². The first kappa shape index (κ1) is 36.1. The van der Waals surface area contributed by atoms with E-state index in [1.807, 2.05) is 0 Å². The number of para-hydroxylation sites is 1. The zero-order chi connectivity index (χ0) is 42.7. The Balaban J connectivity index is 0.942. The van der Waals surface area contributed by atoms with Crippen molar-refractivity contribution in [2.75, 3.05) is 4.90 Å². The average Bonchev–Trinajstić information content (AvgIpc) is 3.97. The molecule has 4 aliphatic rings. The van der Waals surface area contributed by atoms with E-state index in [9.17, 15) is 0 Å². The van der Waals surface area contributed by atoms with E-state index in [2.05, 4.69) is 241 Å². The Labute approximate surface area is 378 Å². The smallest absolute Gasteiger partial charge is 0.178 e. The van der Waals surface area contributed by atoms with Crippen LogP contribution in [0.3, 0.4) is 0 Å². The summed E-state index contributed by atoms with van der Waals surface area (Å²) in [7, 11) is 0. The number of anilines is 3. The molecule has 10 aromatic rings. The lowest BCUT2D eigenvalue weighted by Crippen LogP contribution is -2.28. The maximum atomic E-state index is 7.23. The van der Waals surface area contributed by atoms with Gasteiger partial charge >= 0.3 is 0 Å². The van der Waals surface area contributed by atoms with Crippen LogP contribution >= 0.6 is 0 Å². The van der Waals surface area contributed by atoms with Crippen molar-refractivity contribution in [3.63, 3.8) is 0 Å². The van der Waals surface area contributed by atoms with Crippen molar-refractivity contribution in [1.29, 1.82) is 0 Å². The predicted molar refractivity (Wildman–Crippen MR) is 261 cm³/mol. The van der Waals surface area contributed by atoms with E-state index >= 15 is 0 Å². The van der Waals surface area contributed by atoms with E-state index in [0.717, 1.165) is 28.4 Å². The molecule has 14 rings (SSSR count). The van der Waals surface area contributed by atoms with Crippen molar-refractivity contribution >= 4 is 17.1 Å². The molecular weight excluding hydrogens is 791 g/mol. The van der Waals surface area contributed by atoms with E-state index < -0.39 is 10.8 Å². The fraction of sp³-hybridized carbons (Fsp3) is 0.0323. The van der Waals surface area contributed by atoms with Gasteiger partial charge < -0.3 is 14.4 Å². The van der Waals surface area contributed by atoms with Crippen LogP contribution in [0, 0.1) is 0 Å². The molecule has 0 fully saturated rings. The molecule has 1 spiro atoms.